The first kappa shape index (κ1) is 15.1. The van der Waals surface area contributed by atoms with E-state index in [1.165, 1.54) is 0 Å². The van der Waals surface area contributed by atoms with E-state index in [4.69, 9.17) is 15.1 Å². The Balaban J connectivity index is 2.25. The maximum Gasteiger partial charge on any atom is 0.328 e. The Morgan fingerprint density at radius 3 is 2.70 bits per heavy atom. The number of carbonyl (C=O) groups excluding carboxylic acids is 2. The van der Waals surface area contributed by atoms with Gasteiger partial charge < -0.3 is 20.1 Å². The number of ether oxygens (including phenoxy) is 1. The van der Waals surface area contributed by atoms with Gasteiger partial charge in [-0.05, 0) is 6.92 Å². The van der Waals surface area contributed by atoms with Gasteiger partial charge in [0, 0.05) is 6.42 Å². The standard InChI is InChI=1S/C10H16N2O8/c1-10(17)7(15)11-9(16)12(8(10)20-18)6-2-4(14)5(3-13)19-6/h4-6,8,13-14,17-18H,2-3H2,1H3,(H,11,15,16)/t4-,5+,6+,8?,10?/m0/s1. The number of urea groups is 1. The van der Waals surface area contributed by atoms with E-state index in [2.05, 4.69) is 4.89 Å². The fourth-order valence-corrected chi connectivity index (χ4v) is 2.26. The van der Waals surface area contributed by atoms with Crippen LogP contribution in [0.1, 0.15) is 13.3 Å². The van der Waals surface area contributed by atoms with Crippen molar-refractivity contribution < 1.29 is 39.8 Å². The third-order valence-corrected chi connectivity index (χ3v) is 3.44. The average molecular weight is 292 g/mol. The van der Waals surface area contributed by atoms with E-state index in [-0.39, 0.29) is 6.42 Å². The van der Waals surface area contributed by atoms with E-state index in [1.807, 2.05) is 5.32 Å². The van der Waals surface area contributed by atoms with E-state index in [0.717, 1.165) is 11.8 Å². The predicted molar refractivity (Wildman–Crippen MR) is 59.9 cm³/mol. The summed E-state index contributed by atoms with van der Waals surface area (Å²) in [6.07, 6.45) is -4.77. The van der Waals surface area contributed by atoms with Gasteiger partial charge in [0.15, 0.2) is 5.60 Å². The molecule has 0 aromatic rings. The summed E-state index contributed by atoms with van der Waals surface area (Å²) in [7, 11) is 0. The van der Waals surface area contributed by atoms with Crippen molar-refractivity contribution in [2.45, 2.75) is 43.6 Å². The summed E-state index contributed by atoms with van der Waals surface area (Å²) in [6.45, 7) is 0.588. The second kappa shape index (κ2) is 5.24. The van der Waals surface area contributed by atoms with Gasteiger partial charge in [0.1, 0.15) is 12.3 Å². The molecule has 0 spiro atoms. The number of aliphatic hydroxyl groups is 3. The molecule has 5 atom stereocenters. The molecule has 0 saturated carbocycles. The summed E-state index contributed by atoms with van der Waals surface area (Å²) in [5.74, 6) is -1.03. The maximum absolute atomic E-state index is 11.8. The summed E-state index contributed by atoms with van der Waals surface area (Å²) >= 11 is 0. The van der Waals surface area contributed by atoms with Gasteiger partial charge in [0.05, 0.1) is 12.7 Å². The van der Waals surface area contributed by atoms with Crippen LogP contribution in [0.25, 0.3) is 0 Å². The first-order valence-electron chi connectivity index (χ1n) is 5.93. The highest BCUT2D eigenvalue weighted by Crippen LogP contribution is 2.30. The van der Waals surface area contributed by atoms with Crippen molar-refractivity contribution in [1.82, 2.24) is 10.2 Å². The van der Waals surface area contributed by atoms with E-state index in [1.54, 1.807) is 0 Å². The van der Waals surface area contributed by atoms with E-state index >= 15 is 0 Å². The Morgan fingerprint density at radius 2 is 2.20 bits per heavy atom. The molecular weight excluding hydrogens is 276 g/mol. The van der Waals surface area contributed by atoms with Crippen LogP contribution in [0, 0.1) is 0 Å². The molecule has 10 nitrogen and oxygen atoms in total. The molecule has 2 saturated heterocycles. The van der Waals surface area contributed by atoms with Crippen molar-refractivity contribution in [1.29, 1.82) is 0 Å². The van der Waals surface area contributed by atoms with Gasteiger partial charge in [-0.1, -0.05) is 0 Å². The molecule has 2 aliphatic heterocycles. The fraction of sp³-hybridized carbons (Fsp3) is 0.800. The lowest BCUT2D eigenvalue weighted by atomic mass is 10.00. The third-order valence-electron chi connectivity index (χ3n) is 3.44. The molecule has 0 radical (unpaired) electrons. The minimum absolute atomic E-state index is 0.0667. The van der Waals surface area contributed by atoms with Crippen LogP contribution < -0.4 is 5.32 Å². The fourth-order valence-electron chi connectivity index (χ4n) is 2.26. The molecule has 2 heterocycles. The van der Waals surface area contributed by atoms with Crippen molar-refractivity contribution >= 4 is 11.9 Å². The summed E-state index contributed by atoms with van der Waals surface area (Å²) in [4.78, 5) is 28.1. The van der Waals surface area contributed by atoms with Gasteiger partial charge in [-0.2, -0.15) is 0 Å². The van der Waals surface area contributed by atoms with Crippen LogP contribution in [0.5, 0.6) is 0 Å². The largest absolute Gasteiger partial charge is 0.394 e. The summed E-state index contributed by atoms with van der Waals surface area (Å²) in [5.41, 5.74) is -2.20. The maximum atomic E-state index is 11.8. The van der Waals surface area contributed by atoms with Gasteiger partial charge in [-0.3, -0.25) is 15.0 Å². The second-order valence-corrected chi connectivity index (χ2v) is 4.89. The van der Waals surface area contributed by atoms with Crippen LogP contribution >= 0.6 is 0 Å². The zero-order valence-corrected chi connectivity index (χ0v) is 10.6. The number of aliphatic hydroxyl groups excluding tert-OH is 2. The summed E-state index contributed by atoms with van der Waals surface area (Å²) in [6, 6.07) is -0.948. The number of hydrogen-bond acceptors (Lipinski definition) is 8. The van der Waals surface area contributed by atoms with Crippen LogP contribution in [-0.2, 0) is 14.4 Å². The number of nitrogens with zero attached hydrogens (tertiary/aromatic N) is 1. The van der Waals surface area contributed by atoms with E-state index in [0.29, 0.717) is 0 Å². The topological polar surface area (TPSA) is 149 Å². The van der Waals surface area contributed by atoms with Gasteiger partial charge in [0.25, 0.3) is 5.91 Å². The SMILES string of the molecule is CC1(O)C(=O)NC(=O)N([C@H]2C[C@H](O)[C@@H](CO)O2)C1OO. The second-order valence-electron chi connectivity index (χ2n) is 4.89. The molecular formula is C10H16N2O8. The van der Waals surface area contributed by atoms with Crippen LogP contribution in [0.3, 0.4) is 0 Å². The van der Waals surface area contributed by atoms with Gasteiger partial charge in [-0.25, -0.2) is 14.9 Å². The molecule has 2 unspecified atom stereocenters. The molecule has 5 N–H and O–H groups in total. The minimum Gasteiger partial charge on any atom is -0.394 e. The van der Waals surface area contributed by atoms with Crippen molar-refractivity contribution in [3.8, 4) is 0 Å². The Bertz CT molecular complexity index is 414. The van der Waals surface area contributed by atoms with Crippen molar-refractivity contribution in [3.63, 3.8) is 0 Å². The quantitative estimate of drug-likeness (QED) is 0.285. The number of hydrogen-bond donors (Lipinski definition) is 5. The van der Waals surface area contributed by atoms with Gasteiger partial charge in [0.2, 0.25) is 6.23 Å². The Kier molecular flexibility index (Phi) is 3.95. The monoisotopic (exact) mass is 292 g/mol. The predicted octanol–water partition coefficient (Wildman–Crippen LogP) is -2.43. The zero-order chi connectivity index (χ0) is 15.1. The zero-order valence-electron chi connectivity index (χ0n) is 10.6. The number of amides is 3. The minimum atomic E-state index is -2.20. The molecule has 2 aliphatic rings. The number of nitrogens with one attached hydrogen (secondary N) is 1. The first-order valence-corrected chi connectivity index (χ1v) is 5.93. The summed E-state index contributed by atoms with van der Waals surface area (Å²) in [5, 5.41) is 39.4. The molecule has 0 aromatic heterocycles. The van der Waals surface area contributed by atoms with Crippen LogP contribution in [0.15, 0.2) is 0 Å². The first-order chi connectivity index (χ1) is 9.32. The third kappa shape index (κ3) is 2.26. The Morgan fingerprint density at radius 1 is 1.55 bits per heavy atom. The van der Waals surface area contributed by atoms with E-state index < -0.39 is 48.8 Å². The van der Waals surface area contributed by atoms with Gasteiger partial charge >= 0.3 is 6.03 Å². The van der Waals surface area contributed by atoms with Crippen molar-refractivity contribution in [3.05, 3.63) is 0 Å². The van der Waals surface area contributed by atoms with Crippen LogP contribution in [0.2, 0.25) is 0 Å². The molecule has 2 rings (SSSR count). The number of rotatable bonds is 3. The molecule has 20 heavy (non-hydrogen) atoms. The highest BCUT2D eigenvalue weighted by molar-refractivity contribution is 6.01. The molecule has 0 bridgehead atoms. The Labute approximate surface area is 113 Å². The average Bonchev–Trinajstić information content (AvgIpc) is 2.74. The molecule has 0 aliphatic carbocycles. The highest BCUT2D eigenvalue weighted by Gasteiger charge is 2.55. The summed E-state index contributed by atoms with van der Waals surface area (Å²) < 4.78 is 5.24. The van der Waals surface area contributed by atoms with E-state index in [9.17, 15) is 19.8 Å². The van der Waals surface area contributed by atoms with Crippen LogP contribution in [0.4, 0.5) is 4.79 Å². The van der Waals surface area contributed by atoms with Crippen molar-refractivity contribution in [2.24, 2.45) is 0 Å². The molecule has 10 heteroatoms. The molecule has 0 aromatic carbocycles. The molecule has 2 fully saturated rings. The van der Waals surface area contributed by atoms with Gasteiger partial charge in [-0.15, -0.1) is 0 Å². The molecule has 114 valence electrons. The lowest BCUT2D eigenvalue weighted by Crippen LogP contribution is -2.71. The van der Waals surface area contributed by atoms with Crippen LogP contribution in [-0.4, -0.2) is 74.3 Å². The molecule has 3 amide bonds. The van der Waals surface area contributed by atoms with Crippen molar-refractivity contribution in [2.75, 3.05) is 6.61 Å². The lowest BCUT2D eigenvalue weighted by molar-refractivity contribution is -0.350. The smallest absolute Gasteiger partial charge is 0.328 e. The lowest BCUT2D eigenvalue weighted by Gasteiger charge is -2.43. The Hall–Kier alpha value is -1.30. The normalized spacial score (nSPS) is 42.0. The highest BCUT2D eigenvalue weighted by atomic mass is 17.1. The number of carbonyl (C=O) groups is 2. The number of imide groups is 1.